The molecule has 5 nitrogen and oxygen atoms in total. The second kappa shape index (κ2) is 4.41. The first-order valence-corrected chi connectivity index (χ1v) is 5.93. The predicted octanol–water partition coefficient (Wildman–Crippen LogP) is -0.477. The zero-order valence-corrected chi connectivity index (χ0v) is 9.64. The number of piperidine rings is 1. The van der Waals surface area contributed by atoms with Gasteiger partial charge < -0.3 is 16.0 Å². The van der Waals surface area contributed by atoms with E-state index >= 15 is 0 Å². The molecule has 0 bridgehead atoms. The van der Waals surface area contributed by atoms with Crippen LogP contribution in [0, 0.1) is 0 Å². The summed E-state index contributed by atoms with van der Waals surface area (Å²) in [5.41, 5.74) is -0.587. The van der Waals surface area contributed by atoms with Crippen LogP contribution >= 0.6 is 0 Å². The molecule has 16 heavy (non-hydrogen) atoms. The molecule has 1 heterocycles. The highest BCUT2D eigenvalue weighted by Gasteiger charge is 2.51. The number of amides is 2. The average molecular weight is 225 g/mol. The molecule has 0 radical (unpaired) electrons. The summed E-state index contributed by atoms with van der Waals surface area (Å²) in [7, 11) is 0. The van der Waals surface area contributed by atoms with Crippen LogP contribution in [0.5, 0.6) is 0 Å². The third-order valence-corrected chi connectivity index (χ3v) is 3.27. The van der Waals surface area contributed by atoms with Gasteiger partial charge in [0.1, 0.15) is 5.54 Å². The fourth-order valence-corrected chi connectivity index (χ4v) is 2.16. The van der Waals surface area contributed by atoms with Gasteiger partial charge in [0.2, 0.25) is 11.8 Å². The molecule has 0 spiro atoms. The number of hydrogen-bond donors (Lipinski definition) is 3. The molecule has 2 fully saturated rings. The standard InChI is InChI=1S/C11H19N3O2/c1-8(15)14-11(4-5-11)10(16)13-9-2-6-12-7-3-9/h9,12H,2-7H2,1H3,(H,13,16)(H,14,15). The largest absolute Gasteiger partial charge is 0.351 e. The van der Waals surface area contributed by atoms with E-state index in [1.54, 1.807) is 0 Å². The van der Waals surface area contributed by atoms with Gasteiger partial charge in [-0.2, -0.15) is 0 Å². The van der Waals surface area contributed by atoms with Gasteiger partial charge in [-0.25, -0.2) is 0 Å². The van der Waals surface area contributed by atoms with Crippen molar-refractivity contribution in [2.24, 2.45) is 0 Å². The van der Waals surface area contributed by atoms with Crippen LogP contribution in [0.4, 0.5) is 0 Å². The van der Waals surface area contributed by atoms with Gasteiger partial charge in [-0.1, -0.05) is 0 Å². The molecule has 1 saturated heterocycles. The molecule has 90 valence electrons. The van der Waals surface area contributed by atoms with Gasteiger partial charge in [0, 0.05) is 13.0 Å². The summed E-state index contributed by atoms with van der Waals surface area (Å²) in [6.45, 7) is 3.37. The number of carbonyl (C=O) groups excluding carboxylic acids is 2. The Hall–Kier alpha value is -1.10. The lowest BCUT2D eigenvalue weighted by atomic mass is 10.1. The highest BCUT2D eigenvalue weighted by atomic mass is 16.2. The van der Waals surface area contributed by atoms with E-state index in [4.69, 9.17) is 0 Å². The Morgan fingerprint density at radius 2 is 1.88 bits per heavy atom. The Labute approximate surface area is 95.3 Å². The summed E-state index contributed by atoms with van der Waals surface area (Å²) in [4.78, 5) is 23.0. The summed E-state index contributed by atoms with van der Waals surface area (Å²) >= 11 is 0. The molecule has 0 unspecified atom stereocenters. The Morgan fingerprint density at radius 1 is 1.25 bits per heavy atom. The lowest BCUT2D eigenvalue weighted by Crippen LogP contribution is -2.53. The van der Waals surface area contributed by atoms with Crippen molar-refractivity contribution in [3.05, 3.63) is 0 Å². The van der Waals surface area contributed by atoms with E-state index in [0.717, 1.165) is 38.8 Å². The molecule has 1 aliphatic heterocycles. The maximum atomic E-state index is 12.0. The zero-order chi connectivity index (χ0) is 11.6. The summed E-state index contributed by atoms with van der Waals surface area (Å²) in [5.74, 6) is -0.132. The van der Waals surface area contributed by atoms with Crippen molar-refractivity contribution in [3.8, 4) is 0 Å². The second-order valence-corrected chi connectivity index (χ2v) is 4.76. The summed E-state index contributed by atoms with van der Waals surface area (Å²) in [6.07, 6.45) is 3.48. The van der Waals surface area contributed by atoms with Gasteiger partial charge in [-0.05, 0) is 38.8 Å². The lowest BCUT2D eigenvalue weighted by Gasteiger charge is -2.26. The third kappa shape index (κ3) is 2.52. The Kier molecular flexibility index (Phi) is 3.14. The zero-order valence-electron chi connectivity index (χ0n) is 9.64. The van der Waals surface area contributed by atoms with E-state index in [9.17, 15) is 9.59 Å². The van der Waals surface area contributed by atoms with Crippen LogP contribution in [0.1, 0.15) is 32.6 Å². The minimum Gasteiger partial charge on any atom is -0.351 e. The van der Waals surface area contributed by atoms with Crippen molar-refractivity contribution in [2.75, 3.05) is 13.1 Å². The first kappa shape index (κ1) is 11.4. The number of rotatable bonds is 3. The molecule has 1 saturated carbocycles. The van der Waals surface area contributed by atoms with E-state index < -0.39 is 5.54 Å². The molecule has 1 aliphatic carbocycles. The van der Waals surface area contributed by atoms with E-state index in [-0.39, 0.29) is 17.9 Å². The van der Waals surface area contributed by atoms with Crippen LogP contribution in [-0.4, -0.2) is 36.5 Å². The van der Waals surface area contributed by atoms with Crippen LogP contribution in [0.3, 0.4) is 0 Å². The molecular formula is C11H19N3O2. The smallest absolute Gasteiger partial charge is 0.245 e. The van der Waals surface area contributed by atoms with Crippen molar-refractivity contribution < 1.29 is 9.59 Å². The first-order chi connectivity index (χ1) is 7.62. The molecule has 5 heteroatoms. The average Bonchev–Trinajstić information content (AvgIpc) is 2.99. The van der Waals surface area contributed by atoms with Gasteiger partial charge in [0.05, 0.1) is 0 Å². The summed E-state index contributed by atoms with van der Waals surface area (Å²) in [6, 6.07) is 0.264. The fraction of sp³-hybridized carbons (Fsp3) is 0.818. The van der Waals surface area contributed by atoms with Gasteiger partial charge >= 0.3 is 0 Å². The van der Waals surface area contributed by atoms with Crippen molar-refractivity contribution >= 4 is 11.8 Å². The van der Waals surface area contributed by atoms with Crippen molar-refractivity contribution in [2.45, 2.75) is 44.2 Å². The summed E-state index contributed by atoms with van der Waals surface area (Å²) < 4.78 is 0. The van der Waals surface area contributed by atoms with Crippen molar-refractivity contribution in [3.63, 3.8) is 0 Å². The molecule has 0 aromatic carbocycles. The topological polar surface area (TPSA) is 70.2 Å². The Morgan fingerprint density at radius 3 is 2.38 bits per heavy atom. The maximum absolute atomic E-state index is 12.0. The number of carbonyl (C=O) groups is 2. The van der Waals surface area contributed by atoms with Crippen LogP contribution in [0.15, 0.2) is 0 Å². The Balaban J connectivity index is 1.85. The van der Waals surface area contributed by atoms with E-state index in [2.05, 4.69) is 16.0 Å². The van der Waals surface area contributed by atoms with Crippen LogP contribution in [0.25, 0.3) is 0 Å². The minimum atomic E-state index is -0.587. The third-order valence-electron chi connectivity index (χ3n) is 3.27. The summed E-state index contributed by atoms with van der Waals surface area (Å²) in [5, 5.41) is 9.04. The molecule has 0 atom stereocenters. The normalized spacial score (nSPS) is 23.6. The highest BCUT2D eigenvalue weighted by Crippen LogP contribution is 2.35. The van der Waals surface area contributed by atoms with Gasteiger partial charge in [0.25, 0.3) is 0 Å². The SMILES string of the molecule is CC(=O)NC1(C(=O)NC2CCNCC2)CC1. The second-order valence-electron chi connectivity index (χ2n) is 4.76. The maximum Gasteiger partial charge on any atom is 0.245 e. The monoisotopic (exact) mass is 225 g/mol. The molecule has 0 aromatic rings. The van der Waals surface area contributed by atoms with E-state index in [1.807, 2.05) is 0 Å². The molecule has 3 N–H and O–H groups in total. The predicted molar refractivity (Wildman–Crippen MR) is 59.8 cm³/mol. The minimum absolute atomic E-state index is 0.00500. The quantitative estimate of drug-likeness (QED) is 0.608. The van der Waals surface area contributed by atoms with Gasteiger partial charge in [-0.3, -0.25) is 9.59 Å². The molecule has 2 amide bonds. The van der Waals surface area contributed by atoms with Crippen LogP contribution < -0.4 is 16.0 Å². The Bertz CT molecular complexity index is 294. The molecular weight excluding hydrogens is 206 g/mol. The van der Waals surface area contributed by atoms with E-state index in [1.165, 1.54) is 6.92 Å². The van der Waals surface area contributed by atoms with Gasteiger partial charge in [0.15, 0.2) is 0 Å². The van der Waals surface area contributed by atoms with Crippen molar-refractivity contribution in [1.29, 1.82) is 0 Å². The lowest BCUT2D eigenvalue weighted by molar-refractivity contribution is -0.129. The molecule has 0 aromatic heterocycles. The highest BCUT2D eigenvalue weighted by molar-refractivity contribution is 5.93. The first-order valence-electron chi connectivity index (χ1n) is 5.93. The number of hydrogen-bond acceptors (Lipinski definition) is 3. The van der Waals surface area contributed by atoms with Crippen LogP contribution in [-0.2, 0) is 9.59 Å². The fourth-order valence-electron chi connectivity index (χ4n) is 2.16. The van der Waals surface area contributed by atoms with Gasteiger partial charge in [-0.15, -0.1) is 0 Å². The van der Waals surface area contributed by atoms with Crippen molar-refractivity contribution in [1.82, 2.24) is 16.0 Å². The molecule has 2 aliphatic rings. The number of nitrogens with one attached hydrogen (secondary N) is 3. The van der Waals surface area contributed by atoms with Crippen LogP contribution in [0.2, 0.25) is 0 Å². The molecule has 2 rings (SSSR count). The van der Waals surface area contributed by atoms with E-state index in [0.29, 0.717) is 0 Å².